The summed E-state index contributed by atoms with van der Waals surface area (Å²) in [5, 5.41) is 18.5. The molecule has 2 aromatic rings. The van der Waals surface area contributed by atoms with E-state index in [4.69, 9.17) is 16.0 Å². The second-order valence-corrected chi connectivity index (χ2v) is 6.30. The molecule has 0 radical (unpaired) electrons. The number of halogens is 1. The topological polar surface area (TPSA) is 62.4 Å². The second-order valence-electron chi connectivity index (χ2n) is 5.86. The second kappa shape index (κ2) is 6.77. The average molecular weight is 322 g/mol. The molecule has 1 aromatic heterocycles. The molecule has 2 heterocycles. The first-order chi connectivity index (χ1) is 10.6. The van der Waals surface area contributed by atoms with Crippen molar-refractivity contribution in [1.29, 1.82) is 0 Å². The Hall–Kier alpha value is -1.43. The third-order valence-electron chi connectivity index (χ3n) is 4.01. The Balaban J connectivity index is 1.67. The Kier molecular flexibility index (Phi) is 4.76. The van der Waals surface area contributed by atoms with Crippen LogP contribution in [0.15, 0.2) is 28.7 Å². The Morgan fingerprint density at radius 3 is 2.86 bits per heavy atom. The van der Waals surface area contributed by atoms with Gasteiger partial charge in [0.1, 0.15) is 0 Å². The molecule has 118 valence electrons. The van der Waals surface area contributed by atoms with Crippen LogP contribution in [0.2, 0.25) is 5.02 Å². The summed E-state index contributed by atoms with van der Waals surface area (Å²) in [6.07, 6.45) is 2.77. The van der Waals surface area contributed by atoms with Crippen LogP contribution in [0.4, 0.5) is 0 Å². The van der Waals surface area contributed by atoms with Gasteiger partial charge in [0.05, 0.1) is 12.6 Å². The molecule has 0 spiro atoms. The minimum absolute atomic E-state index is 0.280. The largest absolute Gasteiger partial charge is 0.419 e. The van der Waals surface area contributed by atoms with Crippen molar-refractivity contribution in [1.82, 2.24) is 15.1 Å². The summed E-state index contributed by atoms with van der Waals surface area (Å²) in [5.74, 6) is 1.13. The van der Waals surface area contributed by atoms with Gasteiger partial charge in [-0.05, 0) is 57.0 Å². The van der Waals surface area contributed by atoms with Crippen LogP contribution in [-0.4, -0.2) is 38.9 Å². The normalized spacial score (nSPS) is 20.4. The summed E-state index contributed by atoms with van der Waals surface area (Å²) in [5.41, 5.74) is 0.866. The van der Waals surface area contributed by atoms with Gasteiger partial charge in [-0.25, -0.2) is 0 Å². The molecule has 0 saturated carbocycles. The number of aromatic nitrogens is 2. The Morgan fingerprint density at radius 2 is 2.14 bits per heavy atom. The molecule has 1 aliphatic heterocycles. The molecular formula is C16H20ClN3O2. The van der Waals surface area contributed by atoms with Gasteiger partial charge in [-0.1, -0.05) is 11.6 Å². The molecule has 1 saturated heterocycles. The van der Waals surface area contributed by atoms with E-state index < -0.39 is 0 Å². The molecule has 1 fully saturated rings. The highest BCUT2D eigenvalue weighted by atomic mass is 35.5. The van der Waals surface area contributed by atoms with Gasteiger partial charge >= 0.3 is 0 Å². The summed E-state index contributed by atoms with van der Waals surface area (Å²) in [6, 6.07) is 7.74. The molecule has 2 atom stereocenters. The summed E-state index contributed by atoms with van der Waals surface area (Å²) >= 11 is 5.88. The summed E-state index contributed by atoms with van der Waals surface area (Å²) < 4.78 is 5.76. The lowest BCUT2D eigenvalue weighted by molar-refractivity contribution is 0.126. The number of hydrogen-bond donors (Lipinski definition) is 1. The van der Waals surface area contributed by atoms with Crippen LogP contribution >= 0.6 is 11.6 Å². The summed E-state index contributed by atoms with van der Waals surface area (Å²) in [6.45, 7) is 3.48. The molecule has 0 aliphatic carbocycles. The zero-order valence-corrected chi connectivity index (χ0v) is 13.3. The van der Waals surface area contributed by atoms with Gasteiger partial charge in [0.25, 0.3) is 0 Å². The molecule has 1 aromatic carbocycles. The minimum Gasteiger partial charge on any atom is -0.419 e. The first-order valence-electron chi connectivity index (χ1n) is 7.62. The van der Waals surface area contributed by atoms with Crippen LogP contribution in [0.1, 0.15) is 32.1 Å². The number of benzene rings is 1. The molecule has 22 heavy (non-hydrogen) atoms. The van der Waals surface area contributed by atoms with Crippen molar-refractivity contribution in [2.45, 2.75) is 44.9 Å². The van der Waals surface area contributed by atoms with Gasteiger partial charge in [-0.2, -0.15) is 0 Å². The lowest BCUT2D eigenvalue weighted by Gasteiger charge is -2.23. The average Bonchev–Trinajstić information content (AvgIpc) is 3.10. The highest BCUT2D eigenvalue weighted by Gasteiger charge is 2.27. The van der Waals surface area contributed by atoms with E-state index in [1.54, 1.807) is 12.1 Å². The van der Waals surface area contributed by atoms with E-state index in [1.807, 2.05) is 19.1 Å². The van der Waals surface area contributed by atoms with Crippen molar-refractivity contribution in [2.75, 3.05) is 6.54 Å². The predicted octanol–water partition coefficient (Wildman–Crippen LogP) is 3.13. The maximum Gasteiger partial charge on any atom is 0.247 e. The molecule has 6 heteroatoms. The van der Waals surface area contributed by atoms with Gasteiger partial charge < -0.3 is 9.52 Å². The van der Waals surface area contributed by atoms with E-state index in [0.717, 1.165) is 31.4 Å². The zero-order valence-electron chi connectivity index (χ0n) is 12.6. The molecular weight excluding hydrogens is 302 g/mol. The van der Waals surface area contributed by atoms with E-state index >= 15 is 0 Å². The first kappa shape index (κ1) is 15.5. The third-order valence-corrected chi connectivity index (χ3v) is 4.26. The maximum atomic E-state index is 9.58. The van der Waals surface area contributed by atoms with Gasteiger partial charge in [0.15, 0.2) is 0 Å². The fraction of sp³-hybridized carbons (Fsp3) is 0.500. The van der Waals surface area contributed by atoms with Crippen LogP contribution in [0, 0.1) is 0 Å². The van der Waals surface area contributed by atoms with Gasteiger partial charge in [0, 0.05) is 16.6 Å². The fourth-order valence-corrected chi connectivity index (χ4v) is 3.09. The quantitative estimate of drug-likeness (QED) is 0.916. The molecule has 2 unspecified atom stereocenters. The van der Waals surface area contributed by atoms with Gasteiger partial charge in [-0.15, -0.1) is 10.2 Å². The molecule has 3 rings (SSSR count). The van der Waals surface area contributed by atoms with E-state index in [2.05, 4.69) is 15.1 Å². The van der Waals surface area contributed by atoms with Gasteiger partial charge in [0.2, 0.25) is 11.8 Å². The Morgan fingerprint density at radius 1 is 1.36 bits per heavy atom. The standard InChI is InChI=1S/C16H20ClN3O2/c1-11(21)9-14-3-2-8-20(14)10-15-18-19-16(22-15)12-4-6-13(17)7-5-12/h4-7,11,14,21H,2-3,8-10H2,1H3. The fourth-order valence-electron chi connectivity index (χ4n) is 2.96. The van der Waals surface area contributed by atoms with Crippen LogP contribution in [-0.2, 0) is 6.54 Å². The van der Waals surface area contributed by atoms with Crippen LogP contribution in [0.3, 0.4) is 0 Å². The Bertz CT molecular complexity index is 612. The number of rotatable bonds is 5. The van der Waals surface area contributed by atoms with E-state index in [0.29, 0.717) is 29.4 Å². The summed E-state index contributed by atoms with van der Waals surface area (Å²) in [7, 11) is 0. The summed E-state index contributed by atoms with van der Waals surface area (Å²) in [4.78, 5) is 2.31. The third kappa shape index (κ3) is 3.66. The lowest BCUT2D eigenvalue weighted by atomic mass is 10.1. The van der Waals surface area contributed by atoms with Crippen molar-refractivity contribution in [3.8, 4) is 11.5 Å². The van der Waals surface area contributed by atoms with Crippen molar-refractivity contribution in [3.05, 3.63) is 35.2 Å². The smallest absolute Gasteiger partial charge is 0.247 e. The molecule has 1 N–H and O–H groups in total. The van der Waals surface area contributed by atoms with E-state index in [-0.39, 0.29) is 6.10 Å². The maximum absolute atomic E-state index is 9.58. The van der Waals surface area contributed by atoms with Crippen LogP contribution in [0.5, 0.6) is 0 Å². The Labute approximate surface area is 134 Å². The number of aliphatic hydroxyl groups excluding tert-OH is 1. The lowest BCUT2D eigenvalue weighted by Crippen LogP contribution is -2.31. The van der Waals surface area contributed by atoms with Crippen LogP contribution in [0.25, 0.3) is 11.5 Å². The molecule has 0 bridgehead atoms. The number of aliphatic hydroxyl groups is 1. The predicted molar refractivity (Wildman–Crippen MR) is 84.5 cm³/mol. The van der Waals surface area contributed by atoms with Crippen molar-refractivity contribution >= 4 is 11.6 Å². The minimum atomic E-state index is -0.280. The highest BCUT2D eigenvalue weighted by molar-refractivity contribution is 6.30. The zero-order chi connectivity index (χ0) is 15.5. The number of hydrogen-bond acceptors (Lipinski definition) is 5. The van der Waals surface area contributed by atoms with E-state index in [9.17, 15) is 5.11 Å². The van der Waals surface area contributed by atoms with Crippen molar-refractivity contribution < 1.29 is 9.52 Å². The molecule has 0 amide bonds. The van der Waals surface area contributed by atoms with Crippen molar-refractivity contribution in [2.24, 2.45) is 0 Å². The SMILES string of the molecule is CC(O)CC1CCCN1Cc1nnc(-c2ccc(Cl)cc2)o1. The van der Waals surface area contributed by atoms with E-state index in [1.165, 1.54) is 0 Å². The molecule has 5 nitrogen and oxygen atoms in total. The number of likely N-dealkylation sites (tertiary alicyclic amines) is 1. The highest BCUT2D eigenvalue weighted by Crippen LogP contribution is 2.25. The number of nitrogens with zero attached hydrogens (tertiary/aromatic N) is 3. The van der Waals surface area contributed by atoms with Crippen LogP contribution < -0.4 is 0 Å². The van der Waals surface area contributed by atoms with Crippen molar-refractivity contribution in [3.63, 3.8) is 0 Å². The molecule has 1 aliphatic rings. The first-order valence-corrected chi connectivity index (χ1v) is 8.00. The monoisotopic (exact) mass is 321 g/mol. The van der Waals surface area contributed by atoms with Gasteiger partial charge in [-0.3, -0.25) is 4.90 Å².